The number of nitrogens with zero attached hydrogens (tertiary/aromatic N) is 2. The van der Waals surface area contributed by atoms with Crippen LogP contribution in [0.3, 0.4) is 0 Å². The number of nitrogens with one attached hydrogen (secondary N) is 2. The van der Waals surface area contributed by atoms with E-state index < -0.39 is 0 Å². The van der Waals surface area contributed by atoms with Gasteiger partial charge in [0.1, 0.15) is 0 Å². The molecule has 1 aliphatic heterocycles. The molecule has 1 aromatic carbocycles. The Kier molecular flexibility index (Phi) is 12.4. The fourth-order valence-corrected chi connectivity index (χ4v) is 3.85. The first-order valence-electron chi connectivity index (χ1n) is 9.16. The zero-order valence-electron chi connectivity index (χ0n) is 15.5. The first kappa shape index (κ1) is 22.6. The minimum Gasteiger partial charge on any atom is -0.356 e. The number of aliphatic imine (C=N–C) groups is 1. The predicted molar refractivity (Wildman–Crippen MR) is 121 cm³/mol. The third-order valence-electron chi connectivity index (χ3n) is 4.25. The predicted octanol–water partition coefficient (Wildman–Crippen LogP) is 3.83. The lowest BCUT2D eigenvalue weighted by molar-refractivity contribution is 0.330. The lowest BCUT2D eigenvalue weighted by Gasteiger charge is -2.17. The van der Waals surface area contributed by atoms with Gasteiger partial charge in [0.2, 0.25) is 0 Å². The van der Waals surface area contributed by atoms with Crippen molar-refractivity contribution < 1.29 is 0 Å². The molecule has 0 spiro atoms. The molecule has 1 heterocycles. The van der Waals surface area contributed by atoms with Gasteiger partial charge in [-0.2, -0.15) is 0 Å². The summed E-state index contributed by atoms with van der Waals surface area (Å²) in [5.74, 6) is 0.914. The van der Waals surface area contributed by atoms with E-state index in [0.717, 1.165) is 19.0 Å². The summed E-state index contributed by atoms with van der Waals surface area (Å²) in [7, 11) is 1.84. The van der Waals surface area contributed by atoms with Crippen LogP contribution < -0.4 is 10.6 Å². The third kappa shape index (κ3) is 9.70. The number of halogens is 1. The van der Waals surface area contributed by atoms with Crippen molar-refractivity contribution in [2.75, 3.05) is 39.8 Å². The van der Waals surface area contributed by atoms with E-state index in [-0.39, 0.29) is 24.0 Å². The highest BCUT2D eigenvalue weighted by atomic mass is 127. The van der Waals surface area contributed by atoms with Gasteiger partial charge in [0.15, 0.2) is 5.96 Å². The van der Waals surface area contributed by atoms with Gasteiger partial charge in [-0.1, -0.05) is 25.1 Å². The number of hydrogen-bond acceptors (Lipinski definition) is 3. The molecule has 6 heteroatoms. The average molecular weight is 476 g/mol. The standard InChI is InChI=1S/C19H32N4S.HI/c1-17(24-18-10-4-3-5-11-18)16-22-19(20-2)21-12-6-7-13-23-14-8-9-15-23;/h3-5,10-11,17H,6-9,12-16H2,1-2H3,(H2,20,21,22);1H. The van der Waals surface area contributed by atoms with Crippen molar-refractivity contribution in [2.45, 2.75) is 42.8 Å². The Labute approximate surface area is 174 Å². The van der Waals surface area contributed by atoms with Crippen LogP contribution in [0.4, 0.5) is 0 Å². The summed E-state index contributed by atoms with van der Waals surface area (Å²) < 4.78 is 0. The molecule has 0 radical (unpaired) electrons. The van der Waals surface area contributed by atoms with Crippen LogP contribution in [0.5, 0.6) is 0 Å². The van der Waals surface area contributed by atoms with Gasteiger partial charge >= 0.3 is 0 Å². The molecule has 0 amide bonds. The summed E-state index contributed by atoms with van der Waals surface area (Å²) in [5.41, 5.74) is 0. The Hall–Kier alpha value is -0.470. The second-order valence-electron chi connectivity index (χ2n) is 6.38. The topological polar surface area (TPSA) is 39.7 Å². The maximum absolute atomic E-state index is 4.32. The van der Waals surface area contributed by atoms with Gasteiger partial charge < -0.3 is 15.5 Å². The van der Waals surface area contributed by atoms with Gasteiger partial charge in [0.25, 0.3) is 0 Å². The van der Waals surface area contributed by atoms with E-state index in [9.17, 15) is 0 Å². The summed E-state index contributed by atoms with van der Waals surface area (Å²) >= 11 is 1.89. The van der Waals surface area contributed by atoms with Crippen molar-refractivity contribution in [3.63, 3.8) is 0 Å². The van der Waals surface area contributed by atoms with Crippen LogP contribution in [0.15, 0.2) is 40.2 Å². The molecule has 142 valence electrons. The molecule has 2 N–H and O–H groups in total. The lowest BCUT2D eigenvalue weighted by atomic mass is 10.3. The molecular weight excluding hydrogens is 443 g/mol. The highest BCUT2D eigenvalue weighted by Gasteiger charge is 2.10. The van der Waals surface area contributed by atoms with Crippen LogP contribution in [-0.4, -0.2) is 55.9 Å². The van der Waals surface area contributed by atoms with E-state index in [1.54, 1.807) is 0 Å². The van der Waals surface area contributed by atoms with E-state index in [1.807, 2.05) is 18.8 Å². The molecule has 25 heavy (non-hydrogen) atoms. The van der Waals surface area contributed by atoms with Crippen LogP contribution in [0.2, 0.25) is 0 Å². The molecule has 4 nitrogen and oxygen atoms in total. The van der Waals surface area contributed by atoms with Gasteiger partial charge in [-0.05, 0) is 57.5 Å². The molecule has 0 aliphatic carbocycles. The molecule has 1 aromatic rings. The Morgan fingerprint density at radius 1 is 1.16 bits per heavy atom. The number of guanidine groups is 1. The van der Waals surface area contributed by atoms with E-state index >= 15 is 0 Å². The quantitative estimate of drug-likeness (QED) is 0.187. The van der Waals surface area contributed by atoms with E-state index in [1.165, 1.54) is 50.2 Å². The smallest absolute Gasteiger partial charge is 0.191 e. The Bertz CT molecular complexity index is 478. The largest absolute Gasteiger partial charge is 0.356 e. The Morgan fingerprint density at radius 3 is 2.56 bits per heavy atom. The zero-order chi connectivity index (χ0) is 17.0. The number of rotatable bonds is 9. The van der Waals surface area contributed by atoms with Crippen LogP contribution >= 0.6 is 35.7 Å². The molecule has 2 rings (SSSR count). The average Bonchev–Trinajstić information content (AvgIpc) is 3.11. The Balaban J connectivity index is 0.00000312. The molecule has 0 aromatic heterocycles. The van der Waals surface area contributed by atoms with Crippen LogP contribution in [0, 0.1) is 0 Å². The van der Waals surface area contributed by atoms with E-state index in [0.29, 0.717) is 5.25 Å². The highest BCUT2D eigenvalue weighted by molar-refractivity contribution is 14.0. The zero-order valence-corrected chi connectivity index (χ0v) is 18.7. The molecule has 1 aliphatic rings. The number of thioether (sulfide) groups is 1. The van der Waals surface area contributed by atoms with Crippen LogP contribution in [0.25, 0.3) is 0 Å². The molecular formula is C19H33IN4S. The minimum atomic E-state index is 0. The molecule has 0 saturated carbocycles. The normalized spacial score (nSPS) is 16.3. The second kappa shape index (κ2) is 13.7. The van der Waals surface area contributed by atoms with E-state index in [2.05, 4.69) is 57.8 Å². The summed E-state index contributed by atoms with van der Waals surface area (Å²) in [5, 5.41) is 7.36. The summed E-state index contributed by atoms with van der Waals surface area (Å²) in [6.07, 6.45) is 5.23. The SMILES string of the molecule is CN=C(NCCCCN1CCCC1)NCC(C)Sc1ccccc1.I. The number of hydrogen-bond donors (Lipinski definition) is 2. The fourth-order valence-electron chi connectivity index (χ4n) is 2.91. The van der Waals surface area contributed by atoms with Gasteiger partial charge in [-0.25, -0.2) is 0 Å². The second-order valence-corrected chi connectivity index (χ2v) is 7.89. The molecule has 1 saturated heterocycles. The first-order chi connectivity index (χ1) is 11.8. The van der Waals surface area contributed by atoms with Gasteiger partial charge in [0, 0.05) is 30.3 Å². The van der Waals surface area contributed by atoms with E-state index in [4.69, 9.17) is 0 Å². The van der Waals surface area contributed by atoms with Crippen molar-refractivity contribution >= 4 is 41.7 Å². The van der Waals surface area contributed by atoms with Crippen molar-refractivity contribution in [3.8, 4) is 0 Å². The monoisotopic (exact) mass is 476 g/mol. The molecule has 0 bridgehead atoms. The summed E-state index contributed by atoms with van der Waals surface area (Å²) in [6.45, 7) is 7.99. The summed E-state index contributed by atoms with van der Waals surface area (Å²) in [6, 6.07) is 10.6. The number of likely N-dealkylation sites (tertiary alicyclic amines) is 1. The minimum absolute atomic E-state index is 0. The maximum atomic E-state index is 4.32. The fraction of sp³-hybridized carbons (Fsp3) is 0.632. The molecule has 1 fully saturated rings. The Morgan fingerprint density at radius 2 is 1.88 bits per heavy atom. The number of benzene rings is 1. The van der Waals surface area contributed by atoms with Crippen molar-refractivity contribution in [1.29, 1.82) is 0 Å². The van der Waals surface area contributed by atoms with Gasteiger partial charge in [-0.3, -0.25) is 4.99 Å². The molecule has 1 unspecified atom stereocenters. The van der Waals surface area contributed by atoms with Crippen molar-refractivity contribution in [3.05, 3.63) is 30.3 Å². The van der Waals surface area contributed by atoms with Crippen molar-refractivity contribution in [2.24, 2.45) is 4.99 Å². The maximum Gasteiger partial charge on any atom is 0.191 e. The van der Waals surface area contributed by atoms with Gasteiger partial charge in [0.05, 0.1) is 0 Å². The van der Waals surface area contributed by atoms with Crippen LogP contribution in [-0.2, 0) is 0 Å². The van der Waals surface area contributed by atoms with Gasteiger partial charge in [-0.15, -0.1) is 35.7 Å². The molecule has 1 atom stereocenters. The van der Waals surface area contributed by atoms with Crippen LogP contribution in [0.1, 0.15) is 32.6 Å². The lowest BCUT2D eigenvalue weighted by Crippen LogP contribution is -2.40. The first-order valence-corrected chi connectivity index (χ1v) is 10.0. The third-order valence-corrected chi connectivity index (χ3v) is 5.37. The number of unbranched alkanes of at least 4 members (excludes halogenated alkanes) is 1. The van der Waals surface area contributed by atoms with Crippen molar-refractivity contribution in [1.82, 2.24) is 15.5 Å². The summed E-state index contributed by atoms with van der Waals surface area (Å²) in [4.78, 5) is 8.21. The highest BCUT2D eigenvalue weighted by Crippen LogP contribution is 2.21.